The SMILES string of the molecule is Cc1nc(S(C)(=O)=O)c2n1-c1ccc(Cl)cc1C(c1ccccc1F)=NC2. The van der Waals surface area contributed by atoms with Crippen molar-refractivity contribution < 1.29 is 12.8 Å². The van der Waals surface area contributed by atoms with E-state index in [1.54, 1.807) is 47.9 Å². The van der Waals surface area contributed by atoms with E-state index < -0.39 is 15.7 Å². The van der Waals surface area contributed by atoms with Crippen molar-refractivity contribution in [1.82, 2.24) is 9.55 Å². The zero-order valence-corrected chi connectivity index (χ0v) is 16.1. The first-order chi connectivity index (χ1) is 12.8. The Morgan fingerprint density at radius 1 is 1.15 bits per heavy atom. The van der Waals surface area contributed by atoms with E-state index in [4.69, 9.17) is 11.6 Å². The zero-order valence-electron chi connectivity index (χ0n) is 14.6. The molecule has 0 unspecified atom stereocenters. The molecule has 8 heteroatoms. The molecule has 1 aliphatic heterocycles. The van der Waals surface area contributed by atoms with Gasteiger partial charge in [0.25, 0.3) is 0 Å². The van der Waals surface area contributed by atoms with E-state index in [1.807, 2.05) is 0 Å². The van der Waals surface area contributed by atoms with Crippen LogP contribution in [0.2, 0.25) is 5.02 Å². The maximum Gasteiger partial charge on any atom is 0.194 e. The number of rotatable bonds is 2. The van der Waals surface area contributed by atoms with Gasteiger partial charge in [0.1, 0.15) is 11.6 Å². The highest BCUT2D eigenvalue weighted by Gasteiger charge is 2.28. The summed E-state index contributed by atoms with van der Waals surface area (Å²) in [5.74, 6) is 0.103. The van der Waals surface area contributed by atoms with Crippen LogP contribution in [0.5, 0.6) is 0 Å². The Labute approximate surface area is 161 Å². The summed E-state index contributed by atoms with van der Waals surface area (Å²) < 4.78 is 40.6. The van der Waals surface area contributed by atoms with Crippen LogP contribution in [0.25, 0.3) is 5.69 Å². The summed E-state index contributed by atoms with van der Waals surface area (Å²) in [6.45, 7) is 1.78. The fourth-order valence-electron chi connectivity index (χ4n) is 3.32. The monoisotopic (exact) mass is 403 g/mol. The third kappa shape index (κ3) is 2.96. The van der Waals surface area contributed by atoms with Gasteiger partial charge in [-0.25, -0.2) is 17.8 Å². The summed E-state index contributed by atoms with van der Waals surface area (Å²) in [6.07, 6.45) is 1.12. The van der Waals surface area contributed by atoms with Crippen molar-refractivity contribution in [3.8, 4) is 5.69 Å². The number of aryl methyl sites for hydroxylation is 1. The predicted octanol–water partition coefficient (Wildman–Crippen LogP) is 3.73. The summed E-state index contributed by atoms with van der Waals surface area (Å²) in [5, 5.41) is 0.460. The van der Waals surface area contributed by atoms with Gasteiger partial charge in [-0.1, -0.05) is 23.7 Å². The Balaban J connectivity index is 2.07. The first-order valence-electron chi connectivity index (χ1n) is 8.15. The number of sulfone groups is 1. The topological polar surface area (TPSA) is 64.3 Å². The van der Waals surface area contributed by atoms with Gasteiger partial charge in [0.15, 0.2) is 14.9 Å². The summed E-state index contributed by atoms with van der Waals surface area (Å²) in [5.41, 5.74) is 2.48. The molecule has 0 fully saturated rings. The van der Waals surface area contributed by atoms with Gasteiger partial charge in [-0.05, 0) is 37.3 Å². The molecule has 2 aromatic carbocycles. The van der Waals surface area contributed by atoms with E-state index in [9.17, 15) is 12.8 Å². The smallest absolute Gasteiger partial charge is 0.194 e. The van der Waals surface area contributed by atoms with E-state index >= 15 is 0 Å². The highest BCUT2D eigenvalue weighted by molar-refractivity contribution is 7.90. The van der Waals surface area contributed by atoms with Gasteiger partial charge in [-0.3, -0.25) is 9.56 Å². The molecule has 5 nitrogen and oxygen atoms in total. The second-order valence-electron chi connectivity index (χ2n) is 6.32. The summed E-state index contributed by atoms with van der Waals surface area (Å²) in [7, 11) is -3.54. The van der Waals surface area contributed by atoms with Crippen molar-refractivity contribution in [1.29, 1.82) is 0 Å². The molecule has 0 aliphatic carbocycles. The molecule has 0 radical (unpaired) electrons. The molecule has 0 amide bonds. The number of aliphatic imine (C=N–C) groups is 1. The van der Waals surface area contributed by atoms with E-state index in [-0.39, 0.29) is 11.6 Å². The van der Waals surface area contributed by atoms with Gasteiger partial charge < -0.3 is 0 Å². The minimum absolute atomic E-state index is 0.0144. The molecule has 3 aromatic rings. The van der Waals surface area contributed by atoms with Gasteiger partial charge >= 0.3 is 0 Å². The molecule has 0 bridgehead atoms. The van der Waals surface area contributed by atoms with Crippen LogP contribution in [-0.2, 0) is 16.4 Å². The van der Waals surface area contributed by atoms with Gasteiger partial charge in [-0.15, -0.1) is 0 Å². The average Bonchev–Trinajstić information content (AvgIpc) is 2.84. The van der Waals surface area contributed by atoms with Crippen LogP contribution in [-0.4, -0.2) is 29.9 Å². The van der Waals surface area contributed by atoms with Crippen LogP contribution in [0.15, 0.2) is 52.5 Å². The molecule has 27 heavy (non-hydrogen) atoms. The number of halogens is 2. The summed E-state index contributed by atoms with van der Waals surface area (Å²) in [6, 6.07) is 11.5. The van der Waals surface area contributed by atoms with Gasteiger partial charge in [0.2, 0.25) is 0 Å². The van der Waals surface area contributed by atoms with Crippen molar-refractivity contribution in [2.24, 2.45) is 4.99 Å². The van der Waals surface area contributed by atoms with Crippen molar-refractivity contribution in [2.45, 2.75) is 18.5 Å². The molecule has 0 atom stereocenters. The quantitative estimate of drug-likeness (QED) is 0.655. The van der Waals surface area contributed by atoms with Crippen molar-refractivity contribution in [2.75, 3.05) is 6.26 Å². The first-order valence-corrected chi connectivity index (χ1v) is 10.4. The number of imidazole rings is 1. The van der Waals surface area contributed by atoms with Crippen molar-refractivity contribution in [3.63, 3.8) is 0 Å². The van der Waals surface area contributed by atoms with E-state index in [0.717, 1.165) is 6.26 Å². The Hall–Kier alpha value is -2.51. The first kappa shape index (κ1) is 17.9. The molecule has 138 valence electrons. The zero-order chi connectivity index (χ0) is 19.3. The van der Waals surface area contributed by atoms with E-state index in [1.165, 1.54) is 6.07 Å². The van der Waals surface area contributed by atoms with Crippen LogP contribution in [0.3, 0.4) is 0 Å². The number of hydrogen-bond acceptors (Lipinski definition) is 4. The molecule has 0 saturated carbocycles. The van der Waals surface area contributed by atoms with Crippen LogP contribution in [0, 0.1) is 12.7 Å². The van der Waals surface area contributed by atoms with Crippen LogP contribution < -0.4 is 0 Å². The average molecular weight is 404 g/mol. The molecule has 1 aliphatic rings. The highest BCUT2D eigenvalue weighted by atomic mass is 35.5. The van der Waals surface area contributed by atoms with Crippen LogP contribution in [0.1, 0.15) is 22.6 Å². The lowest BCUT2D eigenvalue weighted by atomic mass is 10.00. The molecule has 1 aromatic heterocycles. The lowest BCUT2D eigenvalue weighted by molar-refractivity contribution is 0.597. The normalized spacial score (nSPS) is 13.6. The maximum absolute atomic E-state index is 14.5. The standard InChI is InChI=1S/C19H15ClFN3O2S/c1-11-23-19(27(2,25)26)17-10-22-18(13-5-3-4-6-15(13)21)14-9-12(20)7-8-16(14)24(11)17/h3-9H,10H2,1-2H3. The lowest BCUT2D eigenvalue weighted by Gasteiger charge is -2.14. The molecular formula is C19H15ClFN3O2S. The summed E-state index contributed by atoms with van der Waals surface area (Å²) >= 11 is 6.20. The van der Waals surface area contributed by atoms with Gasteiger partial charge in [0, 0.05) is 22.4 Å². The third-order valence-corrected chi connectivity index (χ3v) is 5.69. The van der Waals surface area contributed by atoms with E-state index in [2.05, 4.69) is 9.98 Å². The fraction of sp³-hybridized carbons (Fsp3) is 0.158. The lowest BCUT2D eigenvalue weighted by Crippen LogP contribution is -2.09. The third-order valence-electron chi connectivity index (χ3n) is 4.43. The Kier molecular flexibility index (Phi) is 4.16. The van der Waals surface area contributed by atoms with E-state index in [0.29, 0.717) is 39.1 Å². The Morgan fingerprint density at radius 2 is 1.89 bits per heavy atom. The molecule has 4 rings (SSSR count). The number of aromatic nitrogens is 2. The Bertz CT molecular complexity index is 1220. The number of benzene rings is 2. The Morgan fingerprint density at radius 3 is 2.59 bits per heavy atom. The van der Waals surface area contributed by atoms with Gasteiger partial charge in [0.05, 0.1) is 23.6 Å². The second kappa shape index (κ2) is 6.28. The molecule has 0 N–H and O–H groups in total. The minimum Gasteiger partial charge on any atom is -0.297 e. The minimum atomic E-state index is -3.54. The van der Waals surface area contributed by atoms with Crippen LogP contribution in [0.4, 0.5) is 4.39 Å². The second-order valence-corrected chi connectivity index (χ2v) is 8.69. The van der Waals surface area contributed by atoms with Crippen LogP contribution >= 0.6 is 11.6 Å². The number of fused-ring (bicyclic) bond motifs is 3. The molecule has 0 saturated heterocycles. The fourth-order valence-corrected chi connectivity index (χ4v) is 4.38. The number of hydrogen-bond donors (Lipinski definition) is 0. The van der Waals surface area contributed by atoms with Gasteiger partial charge in [-0.2, -0.15) is 0 Å². The van der Waals surface area contributed by atoms with Crippen molar-refractivity contribution >= 4 is 27.1 Å². The number of nitrogens with zero attached hydrogens (tertiary/aromatic N) is 3. The largest absolute Gasteiger partial charge is 0.297 e. The molecular weight excluding hydrogens is 389 g/mol. The maximum atomic E-state index is 14.5. The molecule has 2 heterocycles. The molecule has 0 spiro atoms. The van der Waals surface area contributed by atoms with Crippen molar-refractivity contribution in [3.05, 3.63) is 75.9 Å². The summed E-state index contributed by atoms with van der Waals surface area (Å²) in [4.78, 5) is 8.80. The highest BCUT2D eigenvalue weighted by Crippen LogP contribution is 2.32. The predicted molar refractivity (Wildman–Crippen MR) is 102 cm³/mol.